The predicted molar refractivity (Wildman–Crippen MR) is 140 cm³/mol. The number of pyridine rings is 1. The number of nitrogens with zero attached hydrogens (tertiary/aromatic N) is 6. The van der Waals surface area contributed by atoms with Gasteiger partial charge < -0.3 is 24.2 Å². The number of carboxylic acids is 1. The van der Waals surface area contributed by atoms with E-state index in [0.717, 1.165) is 17.4 Å². The topological polar surface area (TPSA) is 144 Å². The highest BCUT2D eigenvalue weighted by atomic mass is 32.1. The molecule has 0 amide bonds. The van der Waals surface area contributed by atoms with Crippen LogP contribution in [0.2, 0.25) is 0 Å². The summed E-state index contributed by atoms with van der Waals surface area (Å²) in [5.74, 6) is -1.78. The van der Waals surface area contributed by atoms with E-state index in [4.69, 9.17) is 4.74 Å². The first-order valence-electron chi connectivity index (χ1n) is 11.6. The van der Waals surface area contributed by atoms with E-state index >= 15 is 4.39 Å². The van der Waals surface area contributed by atoms with Gasteiger partial charge in [0.25, 0.3) is 0 Å². The van der Waals surface area contributed by atoms with E-state index in [1.54, 1.807) is 10.6 Å². The van der Waals surface area contributed by atoms with Crippen molar-refractivity contribution < 1.29 is 24.0 Å². The number of halogens is 1. The molecule has 1 aromatic carbocycles. The molecule has 15 heteroatoms. The minimum atomic E-state index is -1.36. The van der Waals surface area contributed by atoms with Gasteiger partial charge in [-0.1, -0.05) is 22.7 Å². The molecule has 4 aromatic rings. The van der Waals surface area contributed by atoms with Crippen LogP contribution in [-0.2, 0) is 0 Å². The number of benzene rings is 1. The van der Waals surface area contributed by atoms with E-state index in [9.17, 15) is 24.8 Å². The van der Waals surface area contributed by atoms with Crippen LogP contribution in [0.3, 0.4) is 0 Å². The molecule has 38 heavy (non-hydrogen) atoms. The lowest BCUT2D eigenvalue weighted by atomic mass is 10.1. The van der Waals surface area contributed by atoms with Crippen molar-refractivity contribution >= 4 is 55.4 Å². The summed E-state index contributed by atoms with van der Waals surface area (Å²) in [7, 11) is 0. The maximum Gasteiger partial charge on any atom is 0.341 e. The Morgan fingerprint density at radius 3 is 2.63 bits per heavy atom. The molecule has 196 valence electrons. The van der Waals surface area contributed by atoms with E-state index in [2.05, 4.69) is 10.2 Å². The van der Waals surface area contributed by atoms with E-state index in [1.807, 2.05) is 16.7 Å². The van der Waals surface area contributed by atoms with Crippen molar-refractivity contribution in [3.05, 3.63) is 56.1 Å². The van der Waals surface area contributed by atoms with Crippen molar-refractivity contribution in [3.63, 3.8) is 0 Å². The van der Waals surface area contributed by atoms with Crippen LogP contribution >= 0.6 is 22.7 Å². The van der Waals surface area contributed by atoms with Crippen molar-refractivity contribution in [3.8, 4) is 15.6 Å². The quantitative estimate of drug-likeness (QED) is 0.285. The van der Waals surface area contributed by atoms with Crippen LogP contribution in [0.1, 0.15) is 23.3 Å². The summed E-state index contributed by atoms with van der Waals surface area (Å²) in [6.45, 7) is 3.94. The number of aromatic nitrogens is 3. The molecule has 5 heterocycles. The normalized spacial score (nSPS) is 17.1. The molecule has 0 unspecified atom stereocenters. The number of hydrogen-bond acceptors (Lipinski definition) is 11. The lowest BCUT2D eigenvalue weighted by molar-refractivity contribution is -0.380. The molecule has 12 nitrogen and oxygen atoms in total. The summed E-state index contributed by atoms with van der Waals surface area (Å²) >= 11 is 2.37. The van der Waals surface area contributed by atoms with Gasteiger partial charge in [-0.3, -0.25) is 14.9 Å². The summed E-state index contributed by atoms with van der Waals surface area (Å²) in [5, 5.41) is 30.1. The van der Waals surface area contributed by atoms with Crippen LogP contribution in [0.5, 0.6) is 5.75 Å². The number of carbonyl (C=O) groups is 1. The molecule has 0 bridgehead atoms. The maximum atomic E-state index is 15.5. The van der Waals surface area contributed by atoms with E-state index in [-0.39, 0.29) is 34.5 Å². The minimum absolute atomic E-state index is 0.0264. The number of anilines is 2. The molecular weight excluding hydrogens is 539 g/mol. The number of carboxylic acid groups (broad SMARTS) is 1. The van der Waals surface area contributed by atoms with Gasteiger partial charge in [-0.05, 0) is 19.1 Å². The monoisotopic (exact) mass is 558 g/mol. The van der Waals surface area contributed by atoms with Gasteiger partial charge in [0.05, 0.1) is 26.7 Å². The smallest absolute Gasteiger partial charge is 0.341 e. The van der Waals surface area contributed by atoms with Gasteiger partial charge in [0.15, 0.2) is 16.6 Å². The molecule has 1 atom stereocenters. The first kappa shape index (κ1) is 24.2. The second kappa shape index (κ2) is 9.02. The summed E-state index contributed by atoms with van der Waals surface area (Å²) < 4.78 is 23.1. The Kier molecular flexibility index (Phi) is 5.75. The molecule has 3 aromatic heterocycles. The van der Waals surface area contributed by atoms with Crippen molar-refractivity contribution in [2.24, 2.45) is 0 Å². The third-order valence-electron chi connectivity index (χ3n) is 6.64. The molecule has 1 fully saturated rings. The van der Waals surface area contributed by atoms with Crippen LogP contribution in [0.25, 0.3) is 20.8 Å². The van der Waals surface area contributed by atoms with Gasteiger partial charge in [0.2, 0.25) is 10.6 Å². The van der Waals surface area contributed by atoms with E-state index < -0.39 is 27.7 Å². The second-order valence-corrected chi connectivity index (χ2v) is 11.0. The van der Waals surface area contributed by atoms with Crippen LogP contribution in [0.4, 0.5) is 20.2 Å². The molecule has 1 saturated heterocycles. The fourth-order valence-electron chi connectivity index (χ4n) is 4.76. The predicted octanol–water partition coefficient (Wildman–Crippen LogP) is 3.61. The Hall–Kier alpha value is -4.11. The standard InChI is InChI=1S/C23H19FN6O6S2/c1-11-10-36-20-17-12(19(31)13(22(32)33)9-29(11)17)8-14(24)18(20)27-4-6-28(7-5-27)23-26-25-21(38-23)15-2-3-16(37-15)30(34)35/h2-3,8-9,11H,4-7,10H2,1H3,(H,32,33)/t11-/m0/s1. The van der Waals surface area contributed by atoms with Gasteiger partial charge in [-0.15, -0.1) is 10.2 Å². The summed E-state index contributed by atoms with van der Waals surface area (Å²) in [4.78, 5) is 39.5. The van der Waals surface area contributed by atoms with Crippen LogP contribution in [0.15, 0.2) is 29.2 Å². The average molecular weight is 559 g/mol. The Morgan fingerprint density at radius 1 is 1.21 bits per heavy atom. The highest BCUT2D eigenvalue weighted by molar-refractivity contribution is 7.24. The van der Waals surface area contributed by atoms with E-state index in [0.29, 0.717) is 46.7 Å². The minimum Gasteiger partial charge on any atom is -0.487 e. The SMILES string of the molecule is C[C@H]1COc2c(N3CCN(c4nnc(-c5ccc([N+](=O)[O-])s5)s4)CC3)c(F)cc3c(=O)c(C(=O)O)cn1c23. The molecular formula is C23H19FN6O6S2. The number of hydrogen-bond donors (Lipinski definition) is 1. The van der Waals surface area contributed by atoms with Gasteiger partial charge >= 0.3 is 11.0 Å². The maximum absolute atomic E-state index is 15.5. The molecule has 0 saturated carbocycles. The fourth-order valence-corrected chi connectivity index (χ4v) is 6.53. The first-order valence-corrected chi connectivity index (χ1v) is 13.2. The Bertz CT molecular complexity index is 1670. The Labute approximate surface area is 221 Å². The average Bonchev–Trinajstić information content (AvgIpc) is 3.57. The lowest BCUT2D eigenvalue weighted by Crippen LogP contribution is -2.47. The Balaban J connectivity index is 1.29. The van der Waals surface area contributed by atoms with Gasteiger partial charge in [-0.2, -0.15) is 0 Å². The lowest BCUT2D eigenvalue weighted by Gasteiger charge is -2.38. The van der Waals surface area contributed by atoms with Crippen LogP contribution in [0, 0.1) is 15.9 Å². The van der Waals surface area contributed by atoms with Crippen LogP contribution in [-0.4, -0.2) is 63.5 Å². The number of nitro groups is 1. The number of aromatic carboxylic acids is 1. The molecule has 0 radical (unpaired) electrons. The van der Waals surface area contributed by atoms with Gasteiger partial charge in [0.1, 0.15) is 17.9 Å². The fraction of sp³-hybridized carbons (Fsp3) is 0.304. The molecule has 6 rings (SSSR count). The zero-order valence-electron chi connectivity index (χ0n) is 19.8. The molecule has 1 N–H and O–H groups in total. The molecule has 2 aliphatic rings. The molecule has 2 aliphatic heterocycles. The number of piperazine rings is 1. The van der Waals surface area contributed by atoms with Gasteiger partial charge in [-0.25, -0.2) is 9.18 Å². The summed E-state index contributed by atoms with van der Waals surface area (Å²) in [5.41, 5.74) is -0.534. The number of thiophene rings is 1. The van der Waals surface area contributed by atoms with Gasteiger partial charge in [0, 0.05) is 38.4 Å². The van der Waals surface area contributed by atoms with E-state index in [1.165, 1.54) is 23.6 Å². The Morgan fingerprint density at radius 2 is 1.95 bits per heavy atom. The zero-order valence-corrected chi connectivity index (χ0v) is 21.4. The third kappa shape index (κ3) is 3.85. The number of rotatable bonds is 5. The van der Waals surface area contributed by atoms with Crippen molar-refractivity contribution in [2.45, 2.75) is 13.0 Å². The molecule has 0 aliphatic carbocycles. The highest BCUT2D eigenvalue weighted by Crippen LogP contribution is 2.42. The number of ether oxygens (including phenoxy) is 1. The van der Waals surface area contributed by atoms with Crippen LogP contribution < -0.4 is 20.0 Å². The zero-order chi connectivity index (χ0) is 26.7. The van der Waals surface area contributed by atoms with Crippen molar-refractivity contribution in [1.82, 2.24) is 14.8 Å². The third-order valence-corrected chi connectivity index (χ3v) is 8.83. The first-order chi connectivity index (χ1) is 18.2. The van der Waals surface area contributed by atoms with Crippen molar-refractivity contribution in [2.75, 3.05) is 42.6 Å². The highest BCUT2D eigenvalue weighted by Gasteiger charge is 2.32. The van der Waals surface area contributed by atoms with Crippen molar-refractivity contribution in [1.29, 1.82) is 0 Å². The summed E-state index contributed by atoms with van der Waals surface area (Å²) in [6, 6.07) is 3.95. The largest absolute Gasteiger partial charge is 0.487 e. The summed E-state index contributed by atoms with van der Waals surface area (Å²) in [6.07, 6.45) is 1.30. The second-order valence-electron chi connectivity index (χ2n) is 8.94. The molecule has 0 spiro atoms.